The van der Waals surface area contributed by atoms with Crippen molar-refractivity contribution in [3.05, 3.63) is 65.2 Å². The number of piperidine rings is 1. The van der Waals surface area contributed by atoms with Gasteiger partial charge in [-0.1, -0.05) is 35.9 Å². The molecule has 0 bridgehead atoms. The van der Waals surface area contributed by atoms with Gasteiger partial charge in [0.05, 0.1) is 13.0 Å². The maximum Gasteiger partial charge on any atom is 0.251 e. The van der Waals surface area contributed by atoms with Crippen LogP contribution >= 0.6 is 0 Å². The van der Waals surface area contributed by atoms with Gasteiger partial charge in [0.25, 0.3) is 5.91 Å². The summed E-state index contributed by atoms with van der Waals surface area (Å²) in [7, 11) is 0. The van der Waals surface area contributed by atoms with Crippen LogP contribution in [0.1, 0.15) is 40.7 Å². The molecule has 1 fully saturated rings. The van der Waals surface area contributed by atoms with Crippen LogP contribution in [0.5, 0.6) is 5.75 Å². The highest BCUT2D eigenvalue weighted by molar-refractivity contribution is 5.94. The lowest BCUT2D eigenvalue weighted by Gasteiger charge is -2.32. The molecule has 2 aromatic rings. The molecule has 3 rings (SSSR count). The molecule has 1 N–H and O–H groups in total. The number of aryl methyl sites for hydroxylation is 2. The number of hydrogen-bond acceptors (Lipinski definition) is 3. The molecule has 148 valence electrons. The van der Waals surface area contributed by atoms with Gasteiger partial charge < -0.3 is 15.0 Å². The average molecular weight is 380 g/mol. The molecule has 1 saturated heterocycles. The minimum atomic E-state index is -0.0488. The molecule has 0 saturated carbocycles. The zero-order chi connectivity index (χ0) is 19.9. The van der Waals surface area contributed by atoms with Gasteiger partial charge in [0, 0.05) is 24.7 Å². The zero-order valence-corrected chi connectivity index (χ0v) is 16.6. The topological polar surface area (TPSA) is 58.6 Å². The molecule has 0 radical (unpaired) electrons. The van der Waals surface area contributed by atoms with Crippen LogP contribution in [0.3, 0.4) is 0 Å². The first-order valence-electron chi connectivity index (χ1n) is 9.86. The fourth-order valence-electron chi connectivity index (χ4n) is 3.50. The molecular weight excluding hydrogens is 352 g/mol. The Bertz CT molecular complexity index is 812. The molecule has 28 heavy (non-hydrogen) atoms. The Balaban J connectivity index is 1.39. The van der Waals surface area contributed by atoms with E-state index in [0.29, 0.717) is 31.7 Å². The Morgan fingerprint density at radius 2 is 1.79 bits per heavy atom. The van der Waals surface area contributed by atoms with Gasteiger partial charge in [0.1, 0.15) is 5.75 Å². The van der Waals surface area contributed by atoms with Crippen molar-refractivity contribution in [3.63, 3.8) is 0 Å². The SMILES string of the molecule is Cc1ccc(OCCC(=O)N2CCC(NC(=O)c3ccccc3)CC2)c(C)c1. The van der Waals surface area contributed by atoms with Gasteiger partial charge in [0.2, 0.25) is 5.91 Å². The van der Waals surface area contributed by atoms with Gasteiger partial charge in [-0.05, 0) is 50.5 Å². The number of nitrogens with zero attached hydrogens (tertiary/aromatic N) is 1. The molecule has 1 heterocycles. The number of rotatable bonds is 6. The summed E-state index contributed by atoms with van der Waals surface area (Å²) in [5.41, 5.74) is 2.95. The smallest absolute Gasteiger partial charge is 0.251 e. The third kappa shape index (κ3) is 5.35. The van der Waals surface area contributed by atoms with E-state index in [1.807, 2.05) is 61.2 Å². The normalized spacial score (nSPS) is 14.6. The van der Waals surface area contributed by atoms with Crippen LogP contribution in [0, 0.1) is 13.8 Å². The highest BCUT2D eigenvalue weighted by Gasteiger charge is 2.24. The van der Waals surface area contributed by atoms with Gasteiger partial charge in [0.15, 0.2) is 0 Å². The van der Waals surface area contributed by atoms with E-state index in [1.54, 1.807) is 0 Å². The fourth-order valence-corrected chi connectivity index (χ4v) is 3.50. The van der Waals surface area contributed by atoms with Crippen molar-refractivity contribution in [2.45, 2.75) is 39.2 Å². The van der Waals surface area contributed by atoms with Crippen LogP contribution in [-0.2, 0) is 4.79 Å². The molecule has 2 amide bonds. The third-order valence-electron chi connectivity index (χ3n) is 5.12. The summed E-state index contributed by atoms with van der Waals surface area (Å²) in [6.45, 7) is 5.78. The number of carbonyl (C=O) groups excluding carboxylic acids is 2. The molecule has 0 aromatic heterocycles. The first-order valence-corrected chi connectivity index (χ1v) is 9.86. The van der Waals surface area contributed by atoms with Crippen molar-refractivity contribution >= 4 is 11.8 Å². The van der Waals surface area contributed by atoms with Gasteiger partial charge >= 0.3 is 0 Å². The Kier molecular flexibility index (Phi) is 6.69. The number of nitrogens with one attached hydrogen (secondary N) is 1. The average Bonchev–Trinajstić information content (AvgIpc) is 2.70. The Hall–Kier alpha value is -2.82. The quantitative estimate of drug-likeness (QED) is 0.835. The summed E-state index contributed by atoms with van der Waals surface area (Å²) in [5.74, 6) is 0.894. The van der Waals surface area contributed by atoms with E-state index in [-0.39, 0.29) is 17.9 Å². The molecule has 0 aliphatic carbocycles. The van der Waals surface area contributed by atoms with Crippen LogP contribution in [0.25, 0.3) is 0 Å². The summed E-state index contributed by atoms with van der Waals surface area (Å²) in [5, 5.41) is 3.07. The van der Waals surface area contributed by atoms with Crippen LogP contribution in [0.2, 0.25) is 0 Å². The molecule has 5 nitrogen and oxygen atoms in total. The van der Waals surface area contributed by atoms with E-state index >= 15 is 0 Å². The summed E-state index contributed by atoms with van der Waals surface area (Å²) in [6.07, 6.45) is 1.93. The molecule has 5 heteroatoms. The van der Waals surface area contributed by atoms with Crippen molar-refractivity contribution in [1.29, 1.82) is 0 Å². The van der Waals surface area contributed by atoms with Gasteiger partial charge in [-0.25, -0.2) is 0 Å². The highest BCUT2D eigenvalue weighted by Crippen LogP contribution is 2.19. The zero-order valence-electron chi connectivity index (χ0n) is 16.6. The minimum absolute atomic E-state index is 0.0488. The maximum absolute atomic E-state index is 12.4. The third-order valence-corrected chi connectivity index (χ3v) is 5.12. The summed E-state index contributed by atoms with van der Waals surface area (Å²) in [4.78, 5) is 26.6. The Morgan fingerprint density at radius 3 is 2.46 bits per heavy atom. The summed E-state index contributed by atoms with van der Waals surface area (Å²) in [6, 6.07) is 15.4. The summed E-state index contributed by atoms with van der Waals surface area (Å²) >= 11 is 0. The van der Waals surface area contributed by atoms with Crippen molar-refractivity contribution in [1.82, 2.24) is 10.2 Å². The molecule has 0 spiro atoms. The predicted octanol–water partition coefficient (Wildman–Crippen LogP) is 3.49. The number of amides is 2. The number of benzene rings is 2. The first kappa shape index (κ1) is 19.9. The predicted molar refractivity (Wildman–Crippen MR) is 110 cm³/mol. The standard InChI is InChI=1S/C23H28N2O3/c1-17-8-9-21(18(2)16-17)28-15-12-22(26)25-13-10-20(11-14-25)24-23(27)19-6-4-3-5-7-19/h3-9,16,20H,10-15H2,1-2H3,(H,24,27). The highest BCUT2D eigenvalue weighted by atomic mass is 16.5. The van der Waals surface area contributed by atoms with E-state index in [2.05, 4.69) is 11.4 Å². The second kappa shape index (κ2) is 9.40. The largest absolute Gasteiger partial charge is 0.493 e. The monoisotopic (exact) mass is 380 g/mol. The fraction of sp³-hybridized carbons (Fsp3) is 0.391. The number of ether oxygens (including phenoxy) is 1. The molecule has 0 atom stereocenters. The van der Waals surface area contributed by atoms with E-state index in [9.17, 15) is 9.59 Å². The van der Waals surface area contributed by atoms with Gasteiger partial charge in [-0.2, -0.15) is 0 Å². The second-order valence-corrected chi connectivity index (χ2v) is 7.36. The van der Waals surface area contributed by atoms with Crippen LogP contribution in [0.15, 0.2) is 48.5 Å². The number of hydrogen-bond donors (Lipinski definition) is 1. The Labute approximate surface area is 166 Å². The van der Waals surface area contributed by atoms with Crippen molar-refractivity contribution in [2.24, 2.45) is 0 Å². The van der Waals surface area contributed by atoms with Crippen LogP contribution in [-0.4, -0.2) is 42.5 Å². The number of carbonyl (C=O) groups is 2. The van der Waals surface area contributed by atoms with E-state index in [1.165, 1.54) is 5.56 Å². The summed E-state index contributed by atoms with van der Waals surface area (Å²) < 4.78 is 5.77. The number of likely N-dealkylation sites (tertiary alicyclic amines) is 1. The molecule has 0 unspecified atom stereocenters. The van der Waals surface area contributed by atoms with Crippen LogP contribution < -0.4 is 10.1 Å². The second-order valence-electron chi connectivity index (χ2n) is 7.36. The lowest BCUT2D eigenvalue weighted by Crippen LogP contribution is -2.46. The lowest BCUT2D eigenvalue weighted by atomic mass is 10.0. The molecule has 1 aliphatic rings. The van der Waals surface area contributed by atoms with E-state index < -0.39 is 0 Å². The van der Waals surface area contributed by atoms with Crippen LogP contribution in [0.4, 0.5) is 0 Å². The molecule has 2 aromatic carbocycles. The van der Waals surface area contributed by atoms with Crippen molar-refractivity contribution in [3.8, 4) is 5.75 Å². The lowest BCUT2D eigenvalue weighted by molar-refractivity contribution is -0.132. The van der Waals surface area contributed by atoms with E-state index in [4.69, 9.17) is 4.74 Å². The Morgan fingerprint density at radius 1 is 1.07 bits per heavy atom. The molecular formula is C23H28N2O3. The van der Waals surface area contributed by atoms with E-state index in [0.717, 1.165) is 24.2 Å². The van der Waals surface area contributed by atoms with Crippen molar-refractivity contribution < 1.29 is 14.3 Å². The van der Waals surface area contributed by atoms with Gasteiger partial charge in [-0.3, -0.25) is 9.59 Å². The van der Waals surface area contributed by atoms with Crippen molar-refractivity contribution in [2.75, 3.05) is 19.7 Å². The van der Waals surface area contributed by atoms with Gasteiger partial charge in [-0.15, -0.1) is 0 Å². The maximum atomic E-state index is 12.4. The molecule has 1 aliphatic heterocycles. The minimum Gasteiger partial charge on any atom is -0.493 e. The first-order chi connectivity index (χ1) is 13.5.